The first-order valence-corrected chi connectivity index (χ1v) is 9.05. The summed E-state index contributed by atoms with van der Waals surface area (Å²) in [6.07, 6.45) is 5.89. The van der Waals surface area contributed by atoms with Crippen molar-refractivity contribution in [3.8, 4) is 11.3 Å². The molecule has 0 spiro atoms. The van der Waals surface area contributed by atoms with Crippen molar-refractivity contribution >= 4 is 10.8 Å². The Hall–Kier alpha value is -2.15. The first-order valence-electron chi connectivity index (χ1n) is 9.55. The average Bonchev–Trinajstić information content (AvgIpc) is 3.12. The molecule has 0 aliphatic heterocycles. The van der Waals surface area contributed by atoms with Gasteiger partial charge >= 0.3 is 0 Å². The van der Waals surface area contributed by atoms with E-state index in [-0.39, 0.29) is 0 Å². The number of rotatable bonds is 2. The normalized spacial score (nSPS) is 15.9. The smallest absolute Gasteiger partial charge is 0.200 e. The molecule has 4 rings (SSSR count). The van der Waals surface area contributed by atoms with Crippen molar-refractivity contribution < 1.29 is 5.94 Å². The van der Waals surface area contributed by atoms with Gasteiger partial charge in [-0.1, -0.05) is 42.7 Å². The highest BCUT2D eigenvalue weighted by molar-refractivity contribution is 5.94. The molecule has 1 fully saturated rings. The van der Waals surface area contributed by atoms with E-state index in [9.17, 15) is 0 Å². The van der Waals surface area contributed by atoms with Crippen LogP contribution in [-0.2, 0) is 7.05 Å². The molecule has 0 radical (unpaired) electrons. The van der Waals surface area contributed by atoms with Gasteiger partial charge in [-0.3, -0.25) is 0 Å². The van der Waals surface area contributed by atoms with E-state index in [1.54, 1.807) is 0 Å². The number of pyridine rings is 1. The Bertz CT molecular complexity index is 952. The molecule has 0 bridgehead atoms. The molecular weight excluding hydrogens is 290 g/mol. The molecule has 0 unspecified atom stereocenters. The second kappa shape index (κ2) is 6.05. The number of hydrogen-bond donors (Lipinski definition) is 0. The van der Waals surface area contributed by atoms with Crippen LogP contribution >= 0.6 is 0 Å². The standard InChI is InChI=1S/C23H26N/c1-16-8-11-21-20(14-16)12-13-24(3)23(21)22-15-19(10-9-17(22)2)18-6-4-5-7-18/h8-15,18H,4-7H2,1-3H3/q+1/i13D. The van der Waals surface area contributed by atoms with Gasteiger partial charge in [0.05, 0.1) is 5.39 Å². The molecule has 0 amide bonds. The Morgan fingerprint density at radius 1 is 1.00 bits per heavy atom. The molecule has 1 aromatic heterocycles. The van der Waals surface area contributed by atoms with Crippen LogP contribution in [-0.4, -0.2) is 0 Å². The molecule has 0 atom stereocenters. The number of aromatic nitrogens is 1. The lowest BCUT2D eigenvalue weighted by atomic mass is 9.91. The van der Waals surface area contributed by atoms with Gasteiger partial charge < -0.3 is 0 Å². The molecule has 1 saturated carbocycles. The van der Waals surface area contributed by atoms with Crippen LogP contribution < -0.4 is 4.57 Å². The largest absolute Gasteiger partial charge is 0.220 e. The summed E-state index contributed by atoms with van der Waals surface area (Å²) in [4.78, 5) is 0. The summed E-state index contributed by atoms with van der Waals surface area (Å²) in [6.45, 7) is 4.30. The number of aryl methyl sites for hydroxylation is 2. The molecule has 1 aliphatic rings. The van der Waals surface area contributed by atoms with Gasteiger partial charge in [0.15, 0.2) is 6.17 Å². The monoisotopic (exact) mass is 317 g/mol. The Morgan fingerprint density at radius 3 is 2.58 bits per heavy atom. The quantitative estimate of drug-likeness (QED) is 0.541. The molecule has 2 aromatic carbocycles. The number of hydrogen-bond acceptors (Lipinski definition) is 0. The van der Waals surface area contributed by atoms with Gasteiger partial charge in [0.2, 0.25) is 5.69 Å². The summed E-state index contributed by atoms with van der Waals surface area (Å²) in [5.74, 6) is 0.706. The lowest BCUT2D eigenvalue weighted by Gasteiger charge is -2.14. The molecule has 1 aliphatic carbocycles. The lowest BCUT2D eigenvalue weighted by Crippen LogP contribution is -2.30. The summed E-state index contributed by atoms with van der Waals surface area (Å²) in [5.41, 5.74) is 6.43. The van der Waals surface area contributed by atoms with Crippen LogP contribution in [0.25, 0.3) is 22.0 Å². The highest BCUT2D eigenvalue weighted by Gasteiger charge is 2.21. The second-order valence-electron chi connectivity index (χ2n) is 7.33. The molecule has 0 saturated heterocycles. The van der Waals surface area contributed by atoms with Crippen molar-refractivity contribution in [2.24, 2.45) is 7.05 Å². The SMILES string of the molecule is [2H]c1cc2cc(C)ccc2c(-c2cc(C3CCCC3)ccc2C)[n+]1C. The first-order chi connectivity index (χ1) is 12.0. The zero-order valence-electron chi connectivity index (χ0n) is 15.9. The highest BCUT2D eigenvalue weighted by atomic mass is 14.9. The second-order valence-corrected chi connectivity index (χ2v) is 7.33. The molecule has 1 heterocycles. The van der Waals surface area contributed by atoms with Gasteiger partial charge in [0.25, 0.3) is 0 Å². The van der Waals surface area contributed by atoms with Crippen LogP contribution in [0, 0.1) is 13.8 Å². The van der Waals surface area contributed by atoms with Crippen LogP contribution in [0.5, 0.6) is 0 Å². The van der Waals surface area contributed by atoms with E-state index in [1.165, 1.54) is 59.0 Å². The summed E-state index contributed by atoms with van der Waals surface area (Å²) in [5, 5.41) is 2.39. The number of benzene rings is 2. The number of nitrogens with zero attached hydrogens (tertiary/aromatic N) is 1. The summed E-state index contributed by atoms with van der Waals surface area (Å²) >= 11 is 0. The molecule has 1 heteroatoms. The zero-order chi connectivity index (χ0) is 17.6. The third-order valence-electron chi connectivity index (χ3n) is 5.55. The Labute approximate surface area is 146 Å². The van der Waals surface area contributed by atoms with Crippen molar-refractivity contribution in [3.05, 3.63) is 65.3 Å². The van der Waals surface area contributed by atoms with E-state index in [4.69, 9.17) is 1.37 Å². The van der Waals surface area contributed by atoms with Crippen molar-refractivity contribution in [1.82, 2.24) is 0 Å². The zero-order valence-corrected chi connectivity index (χ0v) is 14.9. The fourth-order valence-electron chi connectivity index (χ4n) is 4.16. The fraction of sp³-hybridized carbons (Fsp3) is 0.348. The van der Waals surface area contributed by atoms with E-state index in [1.807, 2.05) is 17.7 Å². The van der Waals surface area contributed by atoms with Crippen LogP contribution in [0.15, 0.2) is 48.6 Å². The van der Waals surface area contributed by atoms with Gasteiger partial charge in [-0.25, -0.2) is 4.57 Å². The Morgan fingerprint density at radius 2 is 1.79 bits per heavy atom. The van der Waals surface area contributed by atoms with Gasteiger partial charge in [0, 0.05) is 11.6 Å². The minimum absolute atomic E-state index is 0.554. The maximum Gasteiger partial charge on any atom is 0.220 e. The van der Waals surface area contributed by atoms with E-state index in [0.717, 1.165) is 5.39 Å². The lowest BCUT2D eigenvalue weighted by molar-refractivity contribution is -0.659. The molecule has 122 valence electrons. The molecule has 0 N–H and O–H groups in total. The topological polar surface area (TPSA) is 3.88 Å². The maximum atomic E-state index is 8.42. The first kappa shape index (κ1) is 14.2. The van der Waals surface area contributed by atoms with Gasteiger partial charge in [0.1, 0.15) is 8.42 Å². The predicted molar refractivity (Wildman–Crippen MR) is 101 cm³/mol. The van der Waals surface area contributed by atoms with Crippen LogP contribution in [0.3, 0.4) is 0 Å². The number of fused-ring (bicyclic) bond motifs is 1. The van der Waals surface area contributed by atoms with E-state index in [2.05, 4.69) is 50.2 Å². The van der Waals surface area contributed by atoms with E-state index >= 15 is 0 Å². The fourth-order valence-corrected chi connectivity index (χ4v) is 4.16. The Balaban J connectivity index is 1.97. The van der Waals surface area contributed by atoms with Crippen molar-refractivity contribution in [3.63, 3.8) is 0 Å². The van der Waals surface area contributed by atoms with Crippen LogP contribution in [0.2, 0.25) is 0 Å². The summed E-state index contributed by atoms with van der Waals surface area (Å²) in [7, 11) is 2.01. The van der Waals surface area contributed by atoms with Crippen molar-refractivity contribution in [2.45, 2.75) is 45.4 Å². The van der Waals surface area contributed by atoms with Crippen molar-refractivity contribution in [1.29, 1.82) is 0 Å². The molecular formula is C23H26N+. The highest BCUT2D eigenvalue weighted by Crippen LogP contribution is 2.37. The van der Waals surface area contributed by atoms with Gasteiger partial charge in [-0.15, -0.1) is 0 Å². The van der Waals surface area contributed by atoms with Gasteiger partial charge in [-0.05, 0) is 61.3 Å². The molecule has 3 aromatic rings. The third kappa shape index (κ3) is 2.62. The summed E-state index contributed by atoms with van der Waals surface area (Å²) < 4.78 is 10.4. The van der Waals surface area contributed by atoms with Crippen LogP contribution in [0.4, 0.5) is 0 Å². The third-order valence-corrected chi connectivity index (χ3v) is 5.55. The van der Waals surface area contributed by atoms with Crippen molar-refractivity contribution in [2.75, 3.05) is 0 Å². The predicted octanol–water partition coefficient (Wildman–Crippen LogP) is 5.61. The van der Waals surface area contributed by atoms with E-state index < -0.39 is 0 Å². The molecule has 1 nitrogen and oxygen atoms in total. The Kier molecular flexibility index (Phi) is 3.58. The minimum atomic E-state index is 0.554. The minimum Gasteiger partial charge on any atom is -0.200 e. The van der Waals surface area contributed by atoms with Gasteiger partial charge in [-0.2, -0.15) is 0 Å². The average molecular weight is 317 g/mol. The molecule has 24 heavy (non-hydrogen) atoms. The van der Waals surface area contributed by atoms with Crippen LogP contribution in [0.1, 0.15) is 49.7 Å². The maximum absolute atomic E-state index is 8.42. The summed E-state index contributed by atoms with van der Waals surface area (Å²) in [6, 6.07) is 15.5. The van der Waals surface area contributed by atoms with E-state index in [0.29, 0.717) is 12.1 Å².